The number of nitrogens with one attached hydrogen (secondary N) is 1. The van der Waals surface area contributed by atoms with Gasteiger partial charge in [0.1, 0.15) is 6.10 Å². The lowest BCUT2D eigenvalue weighted by molar-refractivity contribution is -0.385. The van der Waals surface area contributed by atoms with Gasteiger partial charge < -0.3 is 34.9 Å². The number of likely N-dealkylation sites (tertiary alicyclic amines) is 1. The summed E-state index contributed by atoms with van der Waals surface area (Å²) < 4.78 is 6.67. The first-order valence-corrected chi connectivity index (χ1v) is 18.2. The molecule has 0 aliphatic carbocycles. The zero-order valence-electron chi connectivity index (χ0n) is 25.8. The molecular formula is C31H40N4O9Si. The standard InChI is InChI=1S/C31H40N4O9Si/c1-18-28(45(3,4)43)26(15-27(38)33-12-6-9-23(33)17-36)44-31(18)24-14-22(35(41)42)10-11-25(24)34(30(31)40)16-20-7-5-8-21(13-20)32-29(39)19(2)37/h5,7-8,10-11,13-14,18-19,23,26,28,36-37,43H,6,9,12,15-17H2,1-4H3,(H,32,39)/t18-,19-,23-,26+,28-,31+/m0/s1. The average Bonchev–Trinajstić information content (AvgIpc) is 3.63. The molecular weight excluding hydrogens is 600 g/mol. The summed E-state index contributed by atoms with van der Waals surface area (Å²) in [5, 5.41) is 33.9. The van der Waals surface area contributed by atoms with E-state index in [1.165, 1.54) is 30.0 Å². The molecule has 3 aliphatic heterocycles. The van der Waals surface area contributed by atoms with Gasteiger partial charge >= 0.3 is 0 Å². The van der Waals surface area contributed by atoms with Crippen LogP contribution in [0.5, 0.6) is 0 Å². The molecule has 2 aromatic rings. The third kappa shape index (κ3) is 5.88. The number of nitro groups is 1. The van der Waals surface area contributed by atoms with Crippen molar-refractivity contribution in [3.8, 4) is 0 Å². The number of fused-ring (bicyclic) bond motifs is 2. The molecule has 0 bridgehead atoms. The SMILES string of the molecule is C[C@H](O)C(=O)Nc1cccc(CN2C(=O)[C@]3(O[C@H](CC(=O)N4CCC[C@H]4CO)[C@@H]([Si](C)(C)O)[C@@H]3C)c3cc([N+](=O)[O-])ccc32)c1. The number of aliphatic hydroxyl groups is 2. The fourth-order valence-corrected chi connectivity index (χ4v) is 9.91. The molecule has 3 amide bonds. The van der Waals surface area contributed by atoms with Crippen molar-refractivity contribution in [2.45, 2.75) is 82.1 Å². The Balaban J connectivity index is 1.54. The summed E-state index contributed by atoms with van der Waals surface area (Å²) in [5.41, 5.74) is -0.692. The van der Waals surface area contributed by atoms with E-state index in [4.69, 9.17) is 4.74 Å². The number of carbonyl (C=O) groups excluding carboxylic acids is 3. The summed E-state index contributed by atoms with van der Waals surface area (Å²) in [6, 6.07) is 10.7. The Morgan fingerprint density at radius 1 is 1.24 bits per heavy atom. The van der Waals surface area contributed by atoms with Crippen LogP contribution < -0.4 is 10.2 Å². The molecule has 6 atom stereocenters. The van der Waals surface area contributed by atoms with Gasteiger partial charge in [-0.15, -0.1) is 0 Å². The van der Waals surface area contributed by atoms with E-state index in [0.717, 1.165) is 6.42 Å². The number of nitrogens with zero attached hydrogens (tertiary/aromatic N) is 3. The number of rotatable bonds is 9. The van der Waals surface area contributed by atoms with Crippen LogP contribution >= 0.6 is 0 Å². The van der Waals surface area contributed by atoms with Crippen LogP contribution in [-0.2, 0) is 31.3 Å². The molecule has 4 N–H and O–H groups in total. The lowest BCUT2D eigenvalue weighted by atomic mass is 9.82. The minimum atomic E-state index is -3.10. The van der Waals surface area contributed by atoms with Crippen LogP contribution in [0, 0.1) is 16.0 Å². The first-order valence-electron chi connectivity index (χ1n) is 15.2. The van der Waals surface area contributed by atoms with Gasteiger partial charge in [0.15, 0.2) is 13.9 Å². The number of non-ortho nitro benzene ring substituents is 1. The maximum atomic E-state index is 14.6. The van der Waals surface area contributed by atoms with Gasteiger partial charge in [-0.25, -0.2) is 0 Å². The van der Waals surface area contributed by atoms with Crippen molar-refractivity contribution in [3.63, 3.8) is 0 Å². The van der Waals surface area contributed by atoms with E-state index in [-0.39, 0.29) is 37.2 Å². The maximum Gasteiger partial charge on any atom is 0.269 e. The van der Waals surface area contributed by atoms with E-state index < -0.39 is 54.3 Å². The molecule has 1 spiro atoms. The highest BCUT2D eigenvalue weighted by Gasteiger charge is 2.66. The summed E-state index contributed by atoms with van der Waals surface area (Å²) in [6.45, 7) is 7.00. The second-order valence-electron chi connectivity index (χ2n) is 12.8. The number of anilines is 2. The molecule has 3 heterocycles. The van der Waals surface area contributed by atoms with Crippen LogP contribution in [0.4, 0.5) is 17.1 Å². The number of ether oxygens (including phenoxy) is 1. The zero-order valence-corrected chi connectivity index (χ0v) is 26.8. The first kappa shape index (κ1) is 32.7. The molecule has 2 saturated heterocycles. The van der Waals surface area contributed by atoms with Gasteiger partial charge in [0.05, 0.1) is 42.3 Å². The summed E-state index contributed by atoms with van der Waals surface area (Å²) >= 11 is 0. The van der Waals surface area contributed by atoms with Crippen LogP contribution in [0.15, 0.2) is 42.5 Å². The number of hydrogen-bond donors (Lipinski definition) is 4. The van der Waals surface area contributed by atoms with Gasteiger partial charge in [0.25, 0.3) is 17.5 Å². The van der Waals surface area contributed by atoms with E-state index in [2.05, 4.69) is 5.32 Å². The van der Waals surface area contributed by atoms with Crippen molar-refractivity contribution in [1.82, 2.24) is 4.90 Å². The molecule has 5 rings (SSSR count). The predicted molar refractivity (Wildman–Crippen MR) is 167 cm³/mol. The molecule has 0 aromatic heterocycles. The third-order valence-electron chi connectivity index (χ3n) is 9.38. The second kappa shape index (κ2) is 12.2. The normalized spacial score (nSPS) is 26.8. The van der Waals surface area contributed by atoms with Gasteiger partial charge in [-0.3, -0.25) is 24.5 Å². The minimum absolute atomic E-state index is 0.0417. The van der Waals surface area contributed by atoms with Gasteiger partial charge in [0.2, 0.25) is 5.91 Å². The monoisotopic (exact) mass is 640 g/mol. The van der Waals surface area contributed by atoms with Crippen molar-refractivity contribution < 1.29 is 39.1 Å². The van der Waals surface area contributed by atoms with Crippen LogP contribution in [-0.4, -0.2) is 82.3 Å². The number of benzene rings is 2. The number of carbonyl (C=O) groups is 3. The van der Waals surface area contributed by atoms with Crippen molar-refractivity contribution in [2.75, 3.05) is 23.4 Å². The largest absolute Gasteiger partial charge is 0.432 e. The maximum absolute atomic E-state index is 14.6. The van der Waals surface area contributed by atoms with Crippen LogP contribution in [0.2, 0.25) is 18.6 Å². The molecule has 2 fully saturated rings. The van der Waals surface area contributed by atoms with E-state index in [9.17, 15) is 39.5 Å². The van der Waals surface area contributed by atoms with Gasteiger partial charge in [-0.05, 0) is 56.6 Å². The van der Waals surface area contributed by atoms with Gasteiger partial charge in [-0.1, -0.05) is 19.1 Å². The van der Waals surface area contributed by atoms with Crippen LogP contribution in [0.25, 0.3) is 0 Å². The first-order chi connectivity index (χ1) is 21.2. The molecule has 0 radical (unpaired) electrons. The molecule has 0 unspecified atom stereocenters. The molecule has 0 saturated carbocycles. The Labute approximate surface area is 262 Å². The summed E-state index contributed by atoms with van der Waals surface area (Å²) in [7, 11) is -3.10. The molecule has 2 aromatic carbocycles. The average molecular weight is 641 g/mol. The molecule has 242 valence electrons. The fraction of sp³-hybridized carbons (Fsp3) is 0.516. The van der Waals surface area contributed by atoms with Crippen molar-refractivity contribution >= 4 is 43.1 Å². The van der Waals surface area contributed by atoms with E-state index >= 15 is 0 Å². The second-order valence-corrected chi connectivity index (χ2v) is 16.8. The predicted octanol–water partition coefficient (Wildman–Crippen LogP) is 2.63. The summed E-state index contributed by atoms with van der Waals surface area (Å²) in [5.74, 6) is -1.92. The molecule has 3 aliphatic rings. The highest BCUT2D eigenvalue weighted by molar-refractivity contribution is 6.71. The smallest absolute Gasteiger partial charge is 0.269 e. The topological polar surface area (TPSA) is 183 Å². The number of nitro benzene ring substituents is 1. The van der Waals surface area contributed by atoms with Crippen molar-refractivity contribution in [2.24, 2.45) is 5.92 Å². The zero-order chi connectivity index (χ0) is 32.8. The molecule has 13 nitrogen and oxygen atoms in total. The Kier molecular flexibility index (Phi) is 8.90. The van der Waals surface area contributed by atoms with E-state index in [1.807, 2.05) is 0 Å². The lowest BCUT2D eigenvalue weighted by Gasteiger charge is -2.32. The van der Waals surface area contributed by atoms with Crippen molar-refractivity contribution in [3.05, 3.63) is 63.7 Å². The minimum Gasteiger partial charge on any atom is -0.432 e. The lowest BCUT2D eigenvalue weighted by Crippen LogP contribution is -2.46. The summed E-state index contributed by atoms with van der Waals surface area (Å²) in [4.78, 5) is 66.2. The van der Waals surface area contributed by atoms with Gasteiger partial charge in [-0.2, -0.15) is 0 Å². The summed E-state index contributed by atoms with van der Waals surface area (Å²) in [6.07, 6.45) is -0.710. The quantitative estimate of drug-likeness (QED) is 0.182. The third-order valence-corrected chi connectivity index (χ3v) is 11.9. The van der Waals surface area contributed by atoms with Gasteiger partial charge in [0, 0.05) is 41.4 Å². The fourth-order valence-electron chi connectivity index (χ4n) is 7.36. The number of hydrogen-bond acceptors (Lipinski definition) is 9. The van der Waals surface area contributed by atoms with Crippen LogP contribution in [0.3, 0.4) is 0 Å². The Bertz CT molecular complexity index is 1510. The molecule has 45 heavy (non-hydrogen) atoms. The highest BCUT2D eigenvalue weighted by Crippen LogP contribution is 2.60. The number of aliphatic hydroxyl groups excluding tert-OH is 2. The highest BCUT2D eigenvalue weighted by atomic mass is 28.4. The van der Waals surface area contributed by atoms with E-state index in [1.54, 1.807) is 49.2 Å². The Hall–Kier alpha value is -3.69. The van der Waals surface area contributed by atoms with E-state index in [0.29, 0.717) is 35.5 Å². The Morgan fingerprint density at radius 2 is 1.98 bits per heavy atom. The van der Waals surface area contributed by atoms with Crippen molar-refractivity contribution in [1.29, 1.82) is 0 Å². The Morgan fingerprint density at radius 3 is 2.62 bits per heavy atom. The molecule has 14 heteroatoms. The number of amides is 3. The van der Waals surface area contributed by atoms with Crippen LogP contribution in [0.1, 0.15) is 44.2 Å².